The standard InChI is InChI=1S/C25H28N2O3S2/c1-30-20-11-5-8-18(16-20)17-27(25(29)22-13-7-15-32-22)23(21-12-6-14-31-21)24(28)26-19-9-3-2-4-10-19/h5-8,11-16,19,23H,2-4,9-10,17H2,1H3,(H,26,28)/t23-/m0/s1. The van der Waals surface area contributed by atoms with Gasteiger partial charge in [0.05, 0.1) is 12.0 Å². The van der Waals surface area contributed by atoms with Crippen LogP contribution in [-0.2, 0) is 11.3 Å². The van der Waals surface area contributed by atoms with E-state index in [9.17, 15) is 9.59 Å². The van der Waals surface area contributed by atoms with E-state index >= 15 is 0 Å². The maximum absolute atomic E-state index is 13.6. The molecule has 1 aliphatic rings. The highest BCUT2D eigenvalue weighted by Gasteiger charge is 2.34. The van der Waals surface area contributed by atoms with Gasteiger partial charge in [0.25, 0.3) is 5.91 Å². The maximum Gasteiger partial charge on any atom is 0.265 e. The van der Waals surface area contributed by atoms with Gasteiger partial charge in [0.2, 0.25) is 5.91 Å². The normalized spacial score (nSPS) is 15.2. The van der Waals surface area contributed by atoms with Crippen molar-refractivity contribution >= 4 is 34.5 Å². The molecular formula is C25H28N2O3S2. The van der Waals surface area contributed by atoms with Crippen molar-refractivity contribution in [3.63, 3.8) is 0 Å². The van der Waals surface area contributed by atoms with E-state index in [0.29, 0.717) is 11.4 Å². The molecule has 0 aliphatic heterocycles. The number of hydrogen-bond acceptors (Lipinski definition) is 5. The number of carbonyl (C=O) groups is 2. The van der Waals surface area contributed by atoms with Crippen molar-refractivity contribution in [2.24, 2.45) is 0 Å². The number of rotatable bonds is 8. The minimum absolute atomic E-state index is 0.104. The van der Waals surface area contributed by atoms with Crippen molar-refractivity contribution in [3.05, 3.63) is 74.6 Å². The van der Waals surface area contributed by atoms with Gasteiger partial charge in [-0.2, -0.15) is 0 Å². The lowest BCUT2D eigenvalue weighted by Gasteiger charge is -2.32. The molecule has 1 aromatic carbocycles. The van der Waals surface area contributed by atoms with Crippen LogP contribution in [0.1, 0.15) is 58.3 Å². The Bertz CT molecular complexity index is 1010. The fourth-order valence-electron chi connectivity index (χ4n) is 4.19. The van der Waals surface area contributed by atoms with E-state index < -0.39 is 6.04 Å². The van der Waals surface area contributed by atoms with Crippen LogP contribution in [0.25, 0.3) is 0 Å². The molecule has 2 heterocycles. The second-order valence-corrected chi connectivity index (χ2v) is 9.95. The molecule has 0 spiro atoms. The fourth-order valence-corrected chi connectivity index (χ4v) is 5.70. The van der Waals surface area contributed by atoms with E-state index in [1.807, 2.05) is 59.3 Å². The van der Waals surface area contributed by atoms with Gasteiger partial charge in [-0.1, -0.05) is 43.5 Å². The van der Waals surface area contributed by atoms with Crippen LogP contribution in [0.5, 0.6) is 5.75 Å². The van der Waals surface area contributed by atoms with Gasteiger partial charge in [-0.25, -0.2) is 0 Å². The van der Waals surface area contributed by atoms with Crippen LogP contribution in [0.2, 0.25) is 0 Å². The molecule has 1 N–H and O–H groups in total. The highest BCUT2D eigenvalue weighted by atomic mass is 32.1. The quantitative estimate of drug-likeness (QED) is 0.465. The summed E-state index contributed by atoms with van der Waals surface area (Å²) in [6, 6.07) is 14.7. The first-order valence-corrected chi connectivity index (χ1v) is 12.7. The SMILES string of the molecule is COc1cccc(CN(C(=O)c2cccs2)[C@H](C(=O)NC2CCCCC2)c2cccs2)c1. The lowest BCUT2D eigenvalue weighted by molar-refractivity contribution is -0.127. The Morgan fingerprint density at radius 2 is 1.84 bits per heavy atom. The summed E-state index contributed by atoms with van der Waals surface area (Å²) in [6.07, 6.45) is 5.49. The lowest BCUT2D eigenvalue weighted by Crippen LogP contribution is -2.46. The third-order valence-electron chi connectivity index (χ3n) is 5.80. The van der Waals surface area contributed by atoms with Crippen LogP contribution in [0.15, 0.2) is 59.3 Å². The predicted molar refractivity (Wildman–Crippen MR) is 129 cm³/mol. The molecule has 5 nitrogen and oxygen atoms in total. The van der Waals surface area contributed by atoms with Gasteiger partial charge in [-0.05, 0) is 53.4 Å². The number of ether oxygens (including phenoxy) is 1. The molecule has 2 aromatic heterocycles. The lowest BCUT2D eigenvalue weighted by atomic mass is 9.95. The third kappa shape index (κ3) is 5.40. The largest absolute Gasteiger partial charge is 0.497 e. The van der Waals surface area contributed by atoms with E-state index in [4.69, 9.17) is 4.74 Å². The summed E-state index contributed by atoms with van der Waals surface area (Å²) in [4.78, 5) is 30.4. The summed E-state index contributed by atoms with van der Waals surface area (Å²) in [5, 5.41) is 7.09. The van der Waals surface area contributed by atoms with Gasteiger partial charge < -0.3 is 15.0 Å². The molecule has 1 saturated carbocycles. The van der Waals surface area contributed by atoms with Gasteiger partial charge in [0.15, 0.2) is 0 Å². The Morgan fingerprint density at radius 1 is 1.06 bits per heavy atom. The summed E-state index contributed by atoms with van der Waals surface area (Å²) < 4.78 is 5.37. The first-order valence-electron chi connectivity index (χ1n) is 11.0. The summed E-state index contributed by atoms with van der Waals surface area (Å²) in [6.45, 7) is 0.314. The van der Waals surface area contributed by atoms with Crippen LogP contribution in [0, 0.1) is 0 Å². The molecule has 4 rings (SSSR count). The number of thiophene rings is 2. The summed E-state index contributed by atoms with van der Waals surface area (Å²) in [5.41, 5.74) is 0.918. The summed E-state index contributed by atoms with van der Waals surface area (Å²) in [5.74, 6) is 0.484. The van der Waals surface area contributed by atoms with Gasteiger partial charge >= 0.3 is 0 Å². The van der Waals surface area contributed by atoms with Crippen molar-refractivity contribution in [2.45, 2.75) is 50.7 Å². The molecule has 7 heteroatoms. The predicted octanol–water partition coefficient (Wildman–Crippen LogP) is 5.65. The molecule has 3 aromatic rings. The Balaban J connectivity index is 1.68. The number of nitrogens with one attached hydrogen (secondary N) is 1. The van der Waals surface area contributed by atoms with Gasteiger partial charge in [-0.15, -0.1) is 22.7 Å². The smallest absolute Gasteiger partial charge is 0.265 e. The number of methoxy groups -OCH3 is 1. The molecule has 0 unspecified atom stereocenters. The Kier molecular flexibility index (Phi) is 7.60. The monoisotopic (exact) mass is 468 g/mol. The average Bonchev–Trinajstić information content (AvgIpc) is 3.54. The molecule has 32 heavy (non-hydrogen) atoms. The molecular weight excluding hydrogens is 440 g/mol. The first kappa shape index (κ1) is 22.6. The minimum atomic E-state index is -0.683. The maximum atomic E-state index is 13.6. The van der Waals surface area contributed by atoms with Gasteiger partial charge in [0.1, 0.15) is 11.8 Å². The fraction of sp³-hybridized carbons (Fsp3) is 0.360. The van der Waals surface area contributed by atoms with Crippen molar-refractivity contribution in [1.82, 2.24) is 10.2 Å². The van der Waals surface area contributed by atoms with E-state index in [1.165, 1.54) is 29.1 Å². The molecule has 168 valence electrons. The third-order valence-corrected chi connectivity index (χ3v) is 7.59. The Morgan fingerprint density at radius 3 is 2.53 bits per heavy atom. The van der Waals surface area contributed by atoms with Crippen molar-refractivity contribution in [1.29, 1.82) is 0 Å². The van der Waals surface area contributed by atoms with Crippen LogP contribution >= 0.6 is 22.7 Å². The zero-order valence-corrected chi connectivity index (χ0v) is 19.8. The van der Waals surface area contributed by atoms with Crippen LogP contribution in [0.3, 0.4) is 0 Å². The van der Waals surface area contributed by atoms with Crippen LogP contribution in [0.4, 0.5) is 0 Å². The number of hydrogen-bond donors (Lipinski definition) is 1. The molecule has 0 saturated heterocycles. The first-order chi connectivity index (χ1) is 15.7. The van der Waals surface area contributed by atoms with Crippen LogP contribution < -0.4 is 10.1 Å². The number of benzene rings is 1. The second-order valence-electron chi connectivity index (χ2n) is 8.02. The summed E-state index contributed by atoms with van der Waals surface area (Å²) in [7, 11) is 1.62. The van der Waals surface area contributed by atoms with Gasteiger partial charge in [0, 0.05) is 17.5 Å². The van der Waals surface area contributed by atoms with Crippen molar-refractivity contribution in [2.75, 3.05) is 7.11 Å². The zero-order valence-electron chi connectivity index (χ0n) is 18.2. The van der Waals surface area contributed by atoms with E-state index in [2.05, 4.69) is 5.32 Å². The Hall–Kier alpha value is -2.64. The van der Waals surface area contributed by atoms with E-state index in [-0.39, 0.29) is 17.9 Å². The number of amides is 2. The van der Waals surface area contributed by atoms with Crippen molar-refractivity contribution in [3.8, 4) is 5.75 Å². The molecule has 1 fully saturated rings. The van der Waals surface area contributed by atoms with Crippen molar-refractivity contribution < 1.29 is 14.3 Å². The second kappa shape index (κ2) is 10.8. The number of nitrogens with zero attached hydrogens (tertiary/aromatic N) is 1. The topological polar surface area (TPSA) is 58.6 Å². The summed E-state index contributed by atoms with van der Waals surface area (Å²) >= 11 is 2.90. The molecule has 1 aliphatic carbocycles. The minimum Gasteiger partial charge on any atom is -0.497 e. The molecule has 2 amide bonds. The zero-order chi connectivity index (χ0) is 22.3. The molecule has 0 bridgehead atoms. The van der Waals surface area contributed by atoms with Crippen LogP contribution in [-0.4, -0.2) is 29.9 Å². The molecule has 1 atom stereocenters. The average molecular weight is 469 g/mol. The van der Waals surface area contributed by atoms with E-state index in [0.717, 1.165) is 41.9 Å². The molecule has 0 radical (unpaired) electrons. The Labute approximate surface area is 197 Å². The highest BCUT2D eigenvalue weighted by molar-refractivity contribution is 7.12. The highest BCUT2D eigenvalue weighted by Crippen LogP contribution is 2.31. The number of carbonyl (C=O) groups excluding carboxylic acids is 2. The van der Waals surface area contributed by atoms with Gasteiger partial charge in [-0.3, -0.25) is 9.59 Å². The van der Waals surface area contributed by atoms with E-state index in [1.54, 1.807) is 12.0 Å².